The van der Waals surface area contributed by atoms with Crippen LogP contribution in [0.4, 0.5) is 0 Å². The van der Waals surface area contributed by atoms with Gasteiger partial charge in [-0.05, 0) is 25.4 Å². The molecule has 0 aromatic carbocycles. The van der Waals surface area contributed by atoms with Gasteiger partial charge in [-0.15, -0.1) is 11.3 Å². The highest BCUT2D eigenvalue weighted by molar-refractivity contribution is 7.15. The number of nitrogens with one attached hydrogen (secondary N) is 1. The van der Waals surface area contributed by atoms with E-state index in [1.54, 1.807) is 11.3 Å². The molecule has 5 heteroatoms. The fraction of sp³-hybridized carbons (Fsp3) is 0.667. The fourth-order valence-electron chi connectivity index (χ4n) is 2.91. The van der Waals surface area contributed by atoms with Crippen LogP contribution in [0.15, 0.2) is 17.8 Å². The summed E-state index contributed by atoms with van der Waals surface area (Å²) in [7, 11) is 0. The molecule has 20 heavy (non-hydrogen) atoms. The molecule has 1 aliphatic rings. The smallest absolute Gasteiger partial charge is 0.193 e. The minimum atomic E-state index is 0.617. The second-order valence-corrected chi connectivity index (χ2v) is 6.73. The molecule has 0 amide bonds. The normalized spacial score (nSPS) is 23.0. The Kier molecular flexibility index (Phi) is 4.38. The van der Waals surface area contributed by atoms with Gasteiger partial charge in [0.1, 0.15) is 0 Å². The van der Waals surface area contributed by atoms with Crippen LogP contribution in [0, 0.1) is 5.92 Å². The van der Waals surface area contributed by atoms with Crippen LogP contribution in [0.5, 0.6) is 0 Å². The molecule has 0 radical (unpaired) electrons. The molecule has 2 aromatic heterocycles. The van der Waals surface area contributed by atoms with Gasteiger partial charge in [0, 0.05) is 36.9 Å². The maximum Gasteiger partial charge on any atom is 0.193 e. The lowest BCUT2D eigenvalue weighted by atomic mass is 9.99. The number of hydrogen-bond acceptors (Lipinski definition) is 4. The summed E-state index contributed by atoms with van der Waals surface area (Å²) in [5.41, 5.74) is 1.20. The molecule has 3 heterocycles. The molecule has 4 nitrogen and oxygen atoms in total. The summed E-state index contributed by atoms with van der Waals surface area (Å²) in [6.07, 6.45) is 6.73. The molecule has 2 unspecified atom stereocenters. The molecule has 1 aliphatic heterocycles. The Bertz CT molecular complexity index is 518. The highest BCUT2D eigenvalue weighted by Gasteiger charge is 2.22. The molecule has 2 atom stereocenters. The summed E-state index contributed by atoms with van der Waals surface area (Å²) in [4.78, 5) is 8.37. The molecule has 0 bridgehead atoms. The van der Waals surface area contributed by atoms with Gasteiger partial charge in [-0.2, -0.15) is 0 Å². The average Bonchev–Trinajstić information content (AvgIpc) is 2.93. The van der Waals surface area contributed by atoms with E-state index in [1.807, 2.05) is 0 Å². The second-order valence-electron chi connectivity index (χ2n) is 5.86. The predicted octanol–water partition coefficient (Wildman–Crippen LogP) is 2.61. The Labute approximate surface area is 124 Å². The van der Waals surface area contributed by atoms with E-state index in [-0.39, 0.29) is 0 Å². The van der Waals surface area contributed by atoms with Crippen LogP contribution in [0.1, 0.15) is 32.4 Å². The van der Waals surface area contributed by atoms with Crippen molar-refractivity contribution >= 4 is 16.3 Å². The van der Waals surface area contributed by atoms with Gasteiger partial charge in [0.15, 0.2) is 4.96 Å². The number of nitrogens with zero attached hydrogens (tertiary/aromatic N) is 3. The molecule has 110 valence electrons. The number of hydrogen-bond donors (Lipinski definition) is 1. The molecule has 0 spiro atoms. The van der Waals surface area contributed by atoms with Crippen molar-refractivity contribution < 1.29 is 0 Å². The van der Waals surface area contributed by atoms with E-state index >= 15 is 0 Å². The summed E-state index contributed by atoms with van der Waals surface area (Å²) < 4.78 is 2.13. The van der Waals surface area contributed by atoms with Crippen molar-refractivity contribution in [1.29, 1.82) is 0 Å². The van der Waals surface area contributed by atoms with E-state index in [1.165, 1.54) is 25.1 Å². The molecule has 1 saturated heterocycles. The zero-order valence-electron chi connectivity index (χ0n) is 12.4. The van der Waals surface area contributed by atoms with Crippen LogP contribution in [0.3, 0.4) is 0 Å². The van der Waals surface area contributed by atoms with Crippen molar-refractivity contribution in [2.45, 2.75) is 39.3 Å². The van der Waals surface area contributed by atoms with Crippen LogP contribution in [0.2, 0.25) is 0 Å². The van der Waals surface area contributed by atoms with E-state index < -0.39 is 0 Å². The predicted molar refractivity (Wildman–Crippen MR) is 84.2 cm³/mol. The van der Waals surface area contributed by atoms with Gasteiger partial charge in [0.25, 0.3) is 0 Å². The summed E-state index contributed by atoms with van der Waals surface area (Å²) >= 11 is 1.70. The maximum absolute atomic E-state index is 4.71. The molecule has 0 aliphatic carbocycles. The van der Waals surface area contributed by atoms with E-state index in [9.17, 15) is 0 Å². The lowest BCUT2D eigenvalue weighted by Gasteiger charge is -2.27. The van der Waals surface area contributed by atoms with E-state index in [4.69, 9.17) is 4.98 Å². The zero-order chi connectivity index (χ0) is 13.9. The van der Waals surface area contributed by atoms with E-state index in [2.05, 4.69) is 46.2 Å². The Morgan fingerprint density at radius 2 is 2.45 bits per heavy atom. The average molecular weight is 292 g/mol. The third kappa shape index (κ3) is 3.05. The molecule has 0 saturated carbocycles. The molecule has 1 N–H and O–H groups in total. The summed E-state index contributed by atoms with van der Waals surface area (Å²) in [6, 6.07) is 0.617. The van der Waals surface area contributed by atoms with Gasteiger partial charge in [-0.3, -0.25) is 9.30 Å². The van der Waals surface area contributed by atoms with Crippen LogP contribution in [-0.4, -0.2) is 40.0 Å². The van der Waals surface area contributed by atoms with Crippen molar-refractivity contribution in [1.82, 2.24) is 19.6 Å². The SMILES string of the molecule is CCC(C)C1CN(Cc2cn3ccsc3n2)CCCN1. The largest absolute Gasteiger partial charge is 0.312 e. The highest BCUT2D eigenvalue weighted by atomic mass is 32.1. The topological polar surface area (TPSA) is 32.6 Å². The zero-order valence-corrected chi connectivity index (χ0v) is 13.2. The van der Waals surface area contributed by atoms with Crippen LogP contribution in [0.25, 0.3) is 4.96 Å². The minimum absolute atomic E-state index is 0.617. The van der Waals surface area contributed by atoms with Crippen LogP contribution >= 0.6 is 11.3 Å². The molecule has 3 rings (SSSR count). The lowest BCUT2D eigenvalue weighted by Crippen LogP contribution is -2.41. The first kappa shape index (κ1) is 14.0. The first-order valence-electron chi connectivity index (χ1n) is 7.63. The third-order valence-corrected chi connectivity index (χ3v) is 5.14. The quantitative estimate of drug-likeness (QED) is 0.940. The van der Waals surface area contributed by atoms with Crippen molar-refractivity contribution in [3.8, 4) is 0 Å². The Morgan fingerprint density at radius 3 is 3.25 bits per heavy atom. The van der Waals surface area contributed by atoms with Gasteiger partial charge in [-0.25, -0.2) is 4.98 Å². The number of thiazole rings is 1. The number of aromatic nitrogens is 2. The highest BCUT2D eigenvalue weighted by Crippen LogP contribution is 2.16. The molecular weight excluding hydrogens is 268 g/mol. The van der Waals surface area contributed by atoms with Gasteiger partial charge in [0.05, 0.1) is 5.69 Å². The Hall–Kier alpha value is -0.910. The van der Waals surface area contributed by atoms with Crippen LogP contribution in [-0.2, 0) is 6.54 Å². The molecule has 1 fully saturated rings. The summed E-state index contributed by atoms with van der Waals surface area (Å²) in [5.74, 6) is 0.737. The second kappa shape index (κ2) is 6.24. The monoisotopic (exact) mass is 292 g/mol. The maximum atomic E-state index is 4.71. The Morgan fingerprint density at radius 1 is 1.55 bits per heavy atom. The van der Waals surface area contributed by atoms with Crippen molar-refractivity contribution in [2.75, 3.05) is 19.6 Å². The van der Waals surface area contributed by atoms with E-state index in [0.717, 1.165) is 30.5 Å². The van der Waals surface area contributed by atoms with E-state index in [0.29, 0.717) is 6.04 Å². The van der Waals surface area contributed by atoms with Gasteiger partial charge < -0.3 is 5.32 Å². The number of imidazole rings is 1. The van der Waals surface area contributed by atoms with Crippen molar-refractivity contribution in [3.63, 3.8) is 0 Å². The third-order valence-electron chi connectivity index (χ3n) is 4.37. The summed E-state index contributed by atoms with van der Waals surface area (Å²) in [5, 5.41) is 5.79. The van der Waals surface area contributed by atoms with Crippen LogP contribution < -0.4 is 5.32 Å². The lowest BCUT2D eigenvalue weighted by molar-refractivity contribution is 0.229. The fourth-order valence-corrected chi connectivity index (χ4v) is 3.63. The minimum Gasteiger partial charge on any atom is -0.312 e. The number of fused-ring (bicyclic) bond motifs is 1. The first-order valence-corrected chi connectivity index (χ1v) is 8.51. The van der Waals surface area contributed by atoms with Crippen molar-refractivity contribution in [2.24, 2.45) is 5.92 Å². The number of rotatable bonds is 4. The van der Waals surface area contributed by atoms with Gasteiger partial charge >= 0.3 is 0 Å². The van der Waals surface area contributed by atoms with Gasteiger partial charge in [0.2, 0.25) is 0 Å². The Balaban J connectivity index is 1.67. The molecular formula is C15H24N4S. The standard InChI is InChI=1S/C15H24N4S/c1-3-12(2)14-11-18(6-4-5-16-14)9-13-10-19-7-8-20-15(19)17-13/h7-8,10,12,14,16H,3-6,9,11H2,1-2H3. The van der Waals surface area contributed by atoms with Gasteiger partial charge in [-0.1, -0.05) is 20.3 Å². The molecule has 2 aromatic rings. The first-order chi connectivity index (χ1) is 9.76. The summed E-state index contributed by atoms with van der Waals surface area (Å²) in [6.45, 7) is 9.07. The van der Waals surface area contributed by atoms with Crippen molar-refractivity contribution in [3.05, 3.63) is 23.5 Å².